The molecule has 1 nitrogen and oxygen atoms in total. The summed E-state index contributed by atoms with van der Waals surface area (Å²) in [6, 6.07) is 0. The van der Waals surface area contributed by atoms with Gasteiger partial charge in [-0.05, 0) is 32.8 Å². The Labute approximate surface area is 62.4 Å². The lowest BCUT2D eigenvalue weighted by molar-refractivity contribution is -0.105. The highest BCUT2D eigenvalue weighted by Gasteiger charge is 1.92. The largest absolute Gasteiger partial charge is 0.298 e. The Morgan fingerprint density at radius 3 is 2.30 bits per heavy atom. The molecule has 10 heavy (non-hydrogen) atoms. The zero-order valence-electron chi connectivity index (χ0n) is 6.85. The molecule has 0 heterocycles. The lowest BCUT2D eigenvalue weighted by atomic mass is 10.1. The van der Waals surface area contributed by atoms with Crippen LogP contribution in [0, 0.1) is 0 Å². The van der Waals surface area contributed by atoms with Crippen LogP contribution in [0.15, 0.2) is 23.3 Å². The molecular weight excluding hydrogens is 124 g/mol. The van der Waals surface area contributed by atoms with Crippen LogP contribution in [0.1, 0.15) is 27.2 Å². The average molecular weight is 138 g/mol. The number of rotatable bonds is 3. The van der Waals surface area contributed by atoms with E-state index in [2.05, 4.69) is 0 Å². The third-order valence-corrected chi connectivity index (χ3v) is 1.36. The third-order valence-electron chi connectivity index (χ3n) is 1.36. The quantitative estimate of drug-likeness (QED) is 0.332. The van der Waals surface area contributed by atoms with Gasteiger partial charge in [-0.1, -0.05) is 17.7 Å². The van der Waals surface area contributed by atoms with Gasteiger partial charge < -0.3 is 0 Å². The van der Waals surface area contributed by atoms with Crippen LogP contribution >= 0.6 is 0 Å². The highest BCUT2D eigenvalue weighted by molar-refractivity contribution is 5.74. The SMILES string of the molecule is CC=CCC(C=O)=C(C)C. The van der Waals surface area contributed by atoms with Gasteiger partial charge in [0.25, 0.3) is 0 Å². The third kappa shape index (κ3) is 3.23. The summed E-state index contributed by atoms with van der Waals surface area (Å²) >= 11 is 0. The van der Waals surface area contributed by atoms with Crippen molar-refractivity contribution in [3.8, 4) is 0 Å². The van der Waals surface area contributed by atoms with Crippen molar-refractivity contribution in [3.05, 3.63) is 23.3 Å². The van der Waals surface area contributed by atoms with E-state index in [1.807, 2.05) is 32.9 Å². The Hall–Kier alpha value is -0.850. The van der Waals surface area contributed by atoms with E-state index < -0.39 is 0 Å². The maximum atomic E-state index is 10.4. The predicted octanol–water partition coefficient (Wildman–Crippen LogP) is 2.49. The normalized spacial score (nSPS) is 9.90. The monoisotopic (exact) mass is 138 g/mol. The Bertz CT molecular complexity index is 160. The molecule has 0 radical (unpaired) electrons. The zero-order valence-corrected chi connectivity index (χ0v) is 6.85. The first kappa shape index (κ1) is 9.15. The molecule has 0 saturated carbocycles. The van der Waals surface area contributed by atoms with Crippen molar-refractivity contribution in [2.24, 2.45) is 0 Å². The summed E-state index contributed by atoms with van der Waals surface area (Å²) in [4.78, 5) is 10.4. The summed E-state index contributed by atoms with van der Waals surface area (Å²) in [5, 5.41) is 0. The van der Waals surface area contributed by atoms with Crippen LogP contribution < -0.4 is 0 Å². The van der Waals surface area contributed by atoms with Gasteiger partial charge >= 0.3 is 0 Å². The molecule has 0 fully saturated rings. The molecule has 0 aromatic carbocycles. The van der Waals surface area contributed by atoms with E-state index in [0.29, 0.717) is 0 Å². The zero-order chi connectivity index (χ0) is 7.98. The lowest BCUT2D eigenvalue weighted by Gasteiger charge is -1.95. The molecule has 0 spiro atoms. The topological polar surface area (TPSA) is 17.1 Å². The van der Waals surface area contributed by atoms with Gasteiger partial charge in [0, 0.05) is 0 Å². The Morgan fingerprint density at radius 2 is 2.00 bits per heavy atom. The van der Waals surface area contributed by atoms with Crippen LogP contribution in [0.2, 0.25) is 0 Å². The van der Waals surface area contributed by atoms with E-state index in [9.17, 15) is 4.79 Å². The van der Waals surface area contributed by atoms with Gasteiger partial charge in [-0.2, -0.15) is 0 Å². The lowest BCUT2D eigenvalue weighted by Crippen LogP contribution is -1.85. The van der Waals surface area contributed by atoms with E-state index >= 15 is 0 Å². The van der Waals surface area contributed by atoms with Crippen LogP contribution in [0.25, 0.3) is 0 Å². The molecule has 1 heteroatoms. The van der Waals surface area contributed by atoms with Crippen LogP contribution in [0.4, 0.5) is 0 Å². The highest BCUT2D eigenvalue weighted by Crippen LogP contribution is 2.05. The predicted molar refractivity (Wildman–Crippen MR) is 43.9 cm³/mol. The second kappa shape index (κ2) is 4.98. The number of hydrogen-bond acceptors (Lipinski definition) is 1. The molecule has 0 unspecified atom stereocenters. The van der Waals surface area contributed by atoms with Gasteiger partial charge in [0.2, 0.25) is 0 Å². The summed E-state index contributed by atoms with van der Waals surface area (Å²) in [5.74, 6) is 0. The van der Waals surface area contributed by atoms with Gasteiger partial charge in [0.15, 0.2) is 0 Å². The molecule has 0 amide bonds. The number of carbonyl (C=O) groups is 1. The molecule has 56 valence electrons. The first-order chi connectivity index (χ1) is 4.72. The molecule has 0 rings (SSSR count). The first-order valence-electron chi connectivity index (χ1n) is 3.45. The minimum Gasteiger partial charge on any atom is -0.298 e. The standard InChI is InChI=1S/C9H14O/c1-4-5-6-9(7-10)8(2)3/h4-5,7H,6H2,1-3H3. The van der Waals surface area contributed by atoms with E-state index in [1.54, 1.807) is 0 Å². The van der Waals surface area contributed by atoms with E-state index in [-0.39, 0.29) is 0 Å². The summed E-state index contributed by atoms with van der Waals surface area (Å²) < 4.78 is 0. The smallest absolute Gasteiger partial charge is 0.146 e. The van der Waals surface area contributed by atoms with Crippen LogP contribution in [-0.2, 0) is 4.79 Å². The van der Waals surface area contributed by atoms with Gasteiger partial charge in [-0.25, -0.2) is 0 Å². The van der Waals surface area contributed by atoms with Crippen molar-refractivity contribution in [1.82, 2.24) is 0 Å². The van der Waals surface area contributed by atoms with Gasteiger partial charge in [0.05, 0.1) is 0 Å². The summed E-state index contributed by atoms with van der Waals surface area (Å²) in [6.07, 6.45) is 5.63. The Balaban J connectivity index is 4.10. The van der Waals surface area contributed by atoms with E-state index in [4.69, 9.17) is 0 Å². The van der Waals surface area contributed by atoms with Crippen molar-refractivity contribution < 1.29 is 4.79 Å². The number of carbonyl (C=O) groups excluding carboxylic acids is 1. The van der Waals surface area contributed by atoms with Crippen LogP contribution in [0.3, 0.4) is 0 Å². The van der Waals surface area contributed by atoms with Crippen molar-refractivity contribution in [2.45, 2.75) is 27.2 Å². The molecule has 0 atom stereocenters. The molecule has 0 aliphatic rings. The fourth-order valence-corrected chi connectivity index (χ4v) is 0.615. The fraction of sp³-hybridized carbons (Fsp3) is 0.444. The first-order valence-corrected chi connectivity index (χ1v) is 3.45. The molecule has 0 saturated heterocycles. The van der Waals surface area contributed by atoms with Crippen LogP contribution in [-0.4, -0.2) is 6.29 Å². The molecule has 0 aromatic heterocycles. The van der Waals surface area contributed by atoms with E-state index in [1.165, 1.54) is 0 Å². The highest BCUT2D eigenvalue weighted by atomic mass is 16.1. The minimum absolute atomic E-state index is 0.766. The van der Waals surface area contributed by atoms with Gasteiger partial charge in [-0.15, -0.1) is 0 Å². The summed E-state index contributed by atoms with van der Waals surface area (Å²) in [5.41, 5.74) is 1.99. The van der Waals surface area contributed by atoms with Gasteiger partial charge in [-0.3, -0.25) is 4.79 Å². The maximum absolute atomic E-state index is 10.4. The maximum Gasteiger partial charge on any atom is 0.146 e. The minimum atomic E-state index is 0.766. The molecule has 0 N–H and O–H groups in total. The number of allylic oxidation sites excluding steroid dienone is 4. The molecule has 0 aliphatic carbocycles. The fourth-order valence-electron chi connectivity index (χ4n) is 0.615. The van der Waals surface area contributed by atoms with Gasteiger partial charge in [0.1, 0.15) is 6.29 Å². The second-order valence-corrected chi connectivity index (χ2v) is 2.42. The number of aldehydes is 1. The molecular formula is C9H14O. The summed E-state index contributed by atoms with van der Waals surface area (Å²) in [7, 11) is 0. The summed E-state index contributed by atoms with van der Waals surface area (Å²) in [6.45, 7) is 5.86. The molecule has 0 aromatic rings. The van der Waals surface area contributed by atoms with Crippen molar-refractivity contribution in [3.63, 3.8) is 0 Å². The van der Waals surface area contributed by atoms with Crippen LogP contribution in [0.5, 0.6) is 0 Å². The average Bonchev–Trinajstić information content (AvgIpc) is 1.89. The van der Waals surface area contributed by atoms with Crippen molar-refractivity contribution in [2.75, 3.05) is 0 Å². The molecule has 0 bridgehead atoms. The Kier molecular flexibility index (Phi) is 4.55. The second-order valence-electron chi connectivity index (χ2n) is 2.42. The molecule has 0 aliphatic heterocycles. The number of hydrogen-bond donors (Lipinski definition) is 0. The van der Waals surface area contributed by atoms with Crippen molar-refractivity contribution >= 4 is 6.29 Å². The van der Waals surface area contributed by atoms with Crippen molar-refractivity contribution in [1.29, 1.82) is 0 Å². The Morgan fingerprint density at radius 1 is 1.40 bits per heavy atom. The van der Waals surface area contributed by atoms with E-state index in [0.717, 1.165) is 23.9 Å².